The third kappa shape index (κ3) is 2.47. The van der Waals surface area contributed by atoms with Crippen molar-refractivity contribution in [3.05, 3.63) is 44.0 Å². The highest BCUT2D eigenvalue weighted by Crippen LogP contribution is 2.24. The maximum atomic E-state index is 10.6. The molecule has 0 amide bonds. The van der Waals surface area contributed by atoms with E-state index in [-0.39, 0.29) is 18.0 Å². The first kappa shape index (κ1) is 11.1. The smallest absolute Gasteiger partial charge is 0.281 e. The lowest BCUT2D eigenvalue weighted by atomic mass is 10.2. The molecule has 15 heavy (non-hydrogen) atoms. The number of nitro benzene ring substituents is 2. The lowest BCUT2D eigenvalue weighted by molar-refractivity contribution is -0.394. The Hall–Kier alpha value is -2.02. The zero-order valence-electron chi connectivity index (χ0n) is 7.87. The van der Waals surface area contributed by atoms with Gasteiger partial charge in [0.1, 0.15) is 0 Å². The number of rotatable bonds is 4. The van der Waals surface area contributed by atoms with Crippen molar-refractivity contribution in [2.24, 2.45) is 0 Å². The van der Waals surface area contributed by atoms with Gasteiger partial charge in [0.2, 0.25) is 0 Å². The van der Waals surface area contributed by atoms with Crippen molar-refractivity contribution in [2.45, 2.75) is 6.61 Å². The first-order valence-electron chi connectivity index (χ1n) is 3.97. The van der Waals surface area contributed by atoms with Crippen molar-refractivity contribution in [1.29, 1.82) is 0 Å². The molecule has 0 bridgehead atoms. The summed E-state index contributed by atoms with van der Waals surface area (Å²) in [5.74, 6) is 0. The number of hydrogen-bond acceptors (Lipinski definition) is 5. The van der Waals surface area contributed by atoms with Crippen molar-refractivity contribution >= 4 is 11.4 Å². The van der Waals surface area contributed by atoms with Gasteiger partial charge in [-0.25, -0.2) is 0 Å². The molecule has 0 spiro atoms. The van der Waals surface area contributed by atoms with Crippen LogP contribution in [-0.4, -0.2) is 17.0 Å². The summed E-state index contributed by atoms with van der Waals surface area (Å²) in [6, 6.07) is 3.45. The van der Waals surface area contributed by atoms with Gasteiger partial charge < -0.3 is 4.74 Å². The zero-order chi connectivity index (χ0) is 11.4. The van der Waals surface area contributed by atoms with Crippen molar-refractivity contribution in [3.8, 4) is 0 Å². The molecule has 80 valence electrons. The lowest BCUT2D eigenvalue weighted by Gasteiger charge is -2.00. The summed E-state index contributed by atoms with van der Waals surface area (Å²) >= 11 is 0. The Morgan fingerprint density at radius 1 is 1.27 bits per heavy atom. The molecule has 0 N–H and O–H groups in total. The average molecular weight is 212 g/mol. The van der Waals surface area contributed by atoms with E-state index in [0.29, 0.717) is 5.56 Å². The summed E-state index contributed by atoms with van der Waals surface area (Å²) in [4.78, 5) is 19.7. The zero-order valence-corrected chi connectivity index (χ0v) is 7.87. The normalized spacial score (nSPS) is 9.93. The second kappa shape index (κ2) is 4.47. The Bertz CT molecular complexity index is 404. The Morgan fingerprint density at radius 2 is 1.93 bits per heavy atom. The first-order chi connectivity index (χ1) is 7.06. The fourth-order valence-electron chi connectivity index (χ4n) is 1.11. The van der Waals surface area contributed by atoms with Crippen molar-refractivity contribution in [1.82, 2.24) is 0 Å². The van der Waals surface area contributed by atoms with E-state index in [4.69, 9.17) is 4.74 Å². The third-order valence-corrected chi connectivity index (χ3v) is 1.78. The monoisotopic (exact) mass is 212 g/mol. The van der Waals surface area contributed by atoms with Gasteiger partial charge in [-0.1, -0.05) is 0 Å². The molecule has 1 rings (SSSR count). The van der Waals surface area contributed by atoms with E-state index in [1.807, 2.05) is 0 Å². The highest BCUT2D eigenvalue weighted by molar-refractivity contribution is 5.48. The van der Waals surface area contributed by atoms with Crippen molar-refractivity contribution < 1.29 is 14.6 Å². The minimum atomic E-state index is -0.677. The number of nitrogens with zero attached hydrogens (tertiary/aromatic N) is 2. The Kier molecular flexibility index (Phi) is 3.29. The van der Waals surface area contributed by atoms with E-state index >= 15 is 0 Å². The molecule has 0 aliphatic carbocycles. The van der Waals surface area contributed by atoms with Crippen LogP contribution in [0.2, 0.25) is 0 Å². The van der Waals surface area contributed by atoms with Crippen LogP contribution in [0, 0.1) is 20.2 Å². The van der Waals surface area contributed by atoms with Crippen LogP contribution >= 0.6 is 0 Å². The topological polar surface area (TPSA) is 95.5 Å². The highest BCUT2D eigenvalue weighted by Gasteiger charge is 2.18. The highest BCUT2D eigenvalue weighted by atomic mass is 16.6. The number of methoxy groups -OCH3 is 1. The molecule has 0 saturated carbocycles. The van der Waals surface area contributed by atoms with Gasteiger partial charge in [0.25, 0.3) is 11.4 Å². The van der Waals surface area contributed by atoms with Gasteiger partial charge >= 0.3 is 0 Å². The molecule has 0 saturated heterocycles. The molecule has 0 fully saturated rings. The fraction of sp³-hybridized carbons (Fsp3) is 0.250. The van der Waals surface area contributed by atoms with Gasteiger partial charge in [0, 0.05) is 13.2 Å². The largest absolute Gasteiger partial charge is 0.380 e. The standard InChI is InChI=1S/C8H8N2O5/c1-15-5-6-2-3-7(9(11)12)4-8(6)10(13)14/h2-4H,5H2,1H3. The molecule has 0 aromatic heterocycles. The van der Waals surface area contributed by atoms with E-state index in [0.717, 1.165) is 6.07 Å². The maximum Gasteiger partial charge on any atom is 0.281 e. The Morgan fingerprint density at radius 3 is 2.40 bits per heavy atom. The molecular formula is C8H8N2O5. The number of non-ortho nitro benzene ring substituents is 1. The number of ether oxygens (including phenoxy) is 1. The molecule has 7 heteroatoms. The predicted octanol–water partition coefficient (Wildman–Crippen LogP) is 1.65. The molecule has 0 atom stereocenters. The molecule has 0 heterocycles. The summed E-state index contributed by atoms with van der Waals surface area (Å²) in [5.41, 5.74) is -0.291. The predicted molar refractivity (Wildman–Crippen MR) is 50.5 cm³/mol. The first-order valence-corrected chi connectivity index (χ1v) is 3.97. The van der Waals surface area contributed by atoms with Gasteiger partial charge in [0.15, 0.2) is 0 Å². The summed E-state index contributed by atoms with van der Waals surface area (Å²) in [7, 11) is 1.39. The number of hydrogen-bond donors (Lipinski definition) is 0. The van der Waals surface area contributed by atoms with Gasteiger partial charge in [-0.15, -0.1) is 0 Å². The summed E-state index contributed by atoms with van der Waals surface area (Å²) in [6.45, 7) is 0.0499. The second-order valence-corrected chi connectivity index (χ2v) is 2.76. The quantitative estimate of drug-likeness (QED) is 0.558. The Balaban J connectivity index is 3.20. The van der Waals surface area contributed by atoms with Crippen LogP contribution in [-0.2, 0) is 11.3 Å². The Labute approximate surface area is 84.6 Å². The van der Waals surface area contributed by atoms with Crippen molar-refractivity contribution in [2.75, 3.05) is 7.11 Å². The average Bonchev–Trinajstić information content (AvgIpc) is 2.18. The minimum absolute atomic E-state index is 0.0499. The number of nitro groups is 2. The summed E-state index contributed by atoms with van der Waals surface area (Å²) < 4.78 is 4.74. The fourth-order valence-corrected chi connectivity index (χ4v) is 1.11. The van der Waals surface area contributed by atoms with E-state index in [1.54, 1.807) is 0 Å². The van der Waals surface area contributed by atoms with E-state index in [2.05, 4.69) is 0 Å². The van der Waals surface area contributed by atoms with Crippen molar-refractivity contribution in [3.63, 3.8) is 0 Å². The molecule has 1 aromatic carbocycles. The molecule has 0 radical (unpaired) electrons. The van der Waals surface area contributed by atoms with Crippen LogP contribution in [0.1, 0.15) is 5.56 Å². The van der Waals surface area contributed by atoms with Gasteiger partial charge in [0.05, 0.1) is 28.1 Å². The molecular weight excluding hydrogens is 204 g/mol. The van der Waals surface area contributed by atoms with E-state index in [9.17, 15) is 20.2 Å². The van der Waals surface area contributed by atoms with Crippen LogP contribution in [0.3, 0.4) is 0 Å². The molecule has 7 nitrogen and oxygen atoms in total. The van der Waals surface area contributed by atoms with Crippen LogP contribution in [0.4, 0.5) is 11.4 Å². The molecule has 0 aliphatic rings. The van der Waals surface area contributed by atoms with Crippen LogP contribution < -0.4 is 0 Å². The maximum absolute atomic E-state index is 10.6. The van der Waals surface area contributed by atoms with Crippen LogP contribution in [0.5, 0.6) is 0 Å². The number of benzene rings is 1. The lowest BCUT2D eigenvalue weighted by Crippen LogP contribution is -1.98. The molecule has 0 unspecified atom stereocenters. The third-order valence-electron chi connectivity index (χ3n) is 1.78. The van der Waals surface area contributed by atoms with Gasteiger partial charge in [-0.05, 0) is 6.07 Å². The van der Waals surface area contributed by atoms with Crippen LogP contribution in [0.15, 0.2) is 18.2 Å². The van der Waals surface area contributed by atoms with Gasteiger partial charge in [-0.2, -0.15) is 0 Å². The summed E-state index contributed by atoms with van der Waals surface area (Å²) in [5, 5.41) is 21.0. The van der Waals surface area contributed by atoms with E-state index in [1.165, 1.54) is 19.2 Å². The van der Waals surface area contributed by atoms with E-state index < -0.39 is 9.85 Å². The SMILES string of the molecule is COCc1ccc([N+](=O)[O-])cc1[N+](=O)[O-]. The molecule has 0 aliphatic heterocycles. The summed E-state index contributed by atoms with van der Waals surface area (Å²) in [6.07, 6.45) is 0. The minimum Gasteiger partial charge on any atom is -0.380 e. The van der Waals surface area contributed by atoms with Gasteiger partial charge in [-0.3, -0.25) is 20.2 Å². The van der Waals surface area contributed by atoms with Crippen LogP contribution in [0.25, 0.3) is 0 Å². The second-order valence-electron chi connectivity index (χ2n) is 2.76. The molecule has 1 aromatic rings.